The van der Waals surface area contributed by atoms with Crippen molar-refractivity contribution in [1.82, 2.24) is 9.71 Å². The van der Waals surface area contributed by atoms with E-state index in [4.69, 9.17) is 8.84 Å². The molecule has 2 aromatic heterocycles. The molecule has 4 rings (SSSR count). The molecule has 0 saturated carbocycles. The van der Waals surface area contributed by atoms with Crippen molar-refractivity contribution in [3.8, 4) is 11.8 Å². The molecule has 1 atom stereocenters. The van der Waals surface area contributed by atoms with Crippen molar-refractivity contribution in [2.45, 2.75) is 57.3 Å². The first kappa shape index (κ1) is 32.5. The Morgan fingerprint density at radius 2 is 1.70 bits per heavy atom. The lowest BCUT2D eigenvalue weighted by atomic mass is 10.1. The zero-order valence-corrected chi connectivity index (χ0v) is 27.6. The SMILES string of the molecule is C=S(=O)(NC(=O)c1cncc(C#Cc2cccc(NC(=O)c3occc3C)c2)c1)c1ccc(CO[Si](C)(C)C(C)(C)C)cc1. The summed E-state index contributed by atoms with van der Waals surface area (Å²) in [5.41, 5.74) is 3.58. The molecule has 0 bridgehead atoms. The molecule has 2 heterocycles. The summed E-state index contributed by atoms with van der Waals surface area (Å²) in [6, 6.07) is 17.4. The third-order valence-corrected chi connectivity index (χ3v) is 13.5. The Hall–Kier alpha value is -4.43. The van der Waals surface area contributed by atoms with Gasteiger partial charge in [-0.15, -0.1) is 0 Å². The second kappa shape index (κ2) is 13.1. The quantitative estimate of drug-likeness (QED) is 0.130. The highest BCUT2D eigenvalue weighted by Crippen LogP contribution is 2.37. The van der Waals surface area contributed by atoms with Crippen molar-refractivity contribution in [3.63, 3.8) is 0 Å². The average molecular weight is 628 g/mol. The van der Waals surface area contributed by atoms with Crippen molar-refractivity contribution in [2.24, 2.45) is 0 Å². The Kier molecular flexibility index (Phi) is 9.64. The smallest absolute Gasteiger partial charge is 0.291 e. The topological polar surface area (TPSA) is 111 Å². The number of aryl methyl sites for hydroxylation is 1. The van der Waals surface area contributed by atoms with Gasteiger partial charge in [0.15, 0.2) is 14.1 Å². The average Bonchev–Trinajstić information content (AvgIpc) is 3.41. The van der Waals surface area contributed by atoms with Gasteiger partial charge in [0.25, 0.3) is 11.8 Å². The van der Waals surface area contributed by atoms with Crippen LogP contribution in [0.15, 0.2) is 88.6 Å². The van der Waals surface area contributed by atoms with Crippen molar-refractivity contribution in [1.29, 1.82) is 0 Å². The first-order valence-electron chi connectivity index (χ1n) is 14.0. The molecule has 1 unspecified atom stereocenters. The second-order valence-corrected chi connectivity index (χ2v) is 18.8. The predicted octanol–water partition coefficient (Wildman–Crippen LogP) is 6.58. The summed E-state index contributed by atoms with van der Waals surface area (Å²) in [6.07, 6.45) is 4.37. The molecule has 228 valence electrons. The number of furan rings is 1. The number of benzene rings is 2. The largest absolute Gasteiger partial charge is 0.459 e. The van der Waals surface area contributed by atoms with Crippen molar-refractivity contribution >= 4 is 41.4 Å². The third kappa shape index (κ3) is 8.14. The number of anilines is 1. The molecular formula is C34H37N3O5SSi. The molecule has 8 nitrogen and oxygen atoms in total. The van der Waals surface area contributed by atoms with Gasteiger partial charge in [-0.3, -0.25) is 19.3 Å². The summed E-state index contributed by atoms with van der Waals surface area (Å²) in [6.45, 7) is 13.2. The summed E-state index contributed by atoms with van der Waals surface area (Å²) < 4.78 is 27.4. The van der Waals surface area contributed by atoms with Gasteiger partial charge in [-0.05, 0) is 79.0 Å². The van der Waals surface area contributed by atoms with E-state index in [1.807, 2.05) is 12.1 Å². The van der Waals surface area contributed by atoms with Crippen LogP contribution in [0.25, 0.3) is 0 Å². The van der Waals surface area contributed by atoms with Gasteiger partial charge in [-0.1, -0.05) is 50.8 Å². The Balaban J connectivity index is 1.41. The van der Waals surface area contributed by atoms with Crippen LogP contribution in [0.1, 0.15) is 63.9 Å². The van der Waals surface area contributed by atoms with Gasteiger partial charge < -0.3 is 14.2 Å². The fourth-order valence-corrected chi connectivity index (χ4v) is 5.87. The maximum atomic E-state index is 13.4. The minimum Gasteiger partial charge on any atom is -0.459 e. The summed E-state index contributed by atoms with van der Waals surface area (Å²) >= 11 is 0. The number of hydrogen-bond donors (Lipinski definition) is 2. The fourth-order valence-electron chi connectivity index (χ4n) is 3.80. The number of nitrogens with one attached hydrogen (secondary N) is 2. The van der Waals surface area contributed by atoms with Crippen molar-refractivity contribution < 1.29 is 22.6 Å². The molecule has 0 aliphatic rings. The van der Waals surface area contributed by atoms with E-state index >= 15 is 0 Å². The number of carbonyl (C=O) groups excluding carboxylic acids is 2. The number of amides is 2. The first-order valence-corrected chi connectivity index (χ1v) is 18.6. The fraction of sp³-hybridized carbons (Fsp3) is 0.235. The standard InChI is InChI=1S/C34H37N3O5SSi/c1-24-17-18-41-31(24)33(39)36-29-10-8-9-25(20-29)11-12-27-19-28(22-35-21-27)32(38)37-43(5,40)30-15-13-26(14-16-30)23-42-44(6,7)34(2,3)4/h8-10,13-22H,5,23H2,1-4,6-7H3,(H,36,39)(H,37,38,40). The Morgan fingerprint density at radius 3 is 2.36 bits per heavy atom. The van der Waals surface area contributed by atoms with E-state index in [0.717, 1.165) is 11.1 Å². The van der Waals surface area contributed by atoms with Crippen LogP contribution in [0, 0.1) is 18.8 Å². The van der Waals surface area contributed by atoms with Crippen LogP contribution in [-0.4, -0.2) is 35.2 Å². The van der Waals surface area contributed by atoms with Gasteiger partial charge in [0.05, 0.1) is 28.1 Å². The summed E-state index contributed by atoms with van der Waals surface area (Å²) in [5.74, 6) is 9.11. The number of aromatic nitrogens is 1. The van der Waals surface area contributed by atoms with Gasteiger partial charge in [0.2, 0.25) is 0 Å². The highest BCUT2D eigenvalue weighted by atomic mass is 32.2. The number of carbonyl (C=O) groups is 2. The zero-order valence-electron chi connectivity index (χ0n) is 25.8. The Morgan fingerprint density at radius 1 is 1.00 bits per heavy atom. The highest BCUT2D eigenvalue weighted by Gasteiger charge is 2.37. The van der Waals surface area contributed by atoms with Crippen molar-refractivity contribution in [2.75, 3.05) is 5.32 Å². The molecule has 10 heteroatoms. The first-order chi connectivity index (χ1) is 20.6. The van der Waals surface area contributed by atoms with E-state index in [1.165, 1.54) is 18.7 Å². The molecule has 4 aromatic rings. The summed E-state index contributed by atoms with van der Waals surface area (Å²) in [5, 5.41) is 2.90. The van der Waals surface area contributed by atoms with Crippen LogP contribution in [0.4, 0.5) is 5.69 Å². The van der Waals surface area contributed by atoms with Crippen LogP contribution >= 0.6 is 0 Å². The van der Waals surface area contributed by atoms with Crippen LogP contribution in [0.5, 0.6) is 0 Å². The van der Waals surface area contributed by atoms with Gasteiger partial charge in [-0.25, -0.2) is 4.21 Å². The maximum Gasteiger partial charge on any atom is 0.291 e. The van der Waals surface area contributed by atoms with Crippen molar-refractivity contribution in [3.05, 3.63) is 113 Å². The van der Waals surface area contributed by atoms with Crippen LogP contribution in [0.3, 0.4) is 0 Å². The van der Waals surface area contributed by atoms with E-state index in [1.54, 1.807) is 55.5 Å². The second-order valence-electron chi connectivity index (χ2n) is 12.0. The monoisotopic (exact) mass is 627 g/mol. The van der Waals surface area contributed by atoms with Crippen LogP contribution < -0.4 is 10.0 Å². The molecule has 0 spiro atoms. The minimum absolute atomic E-state index is 0.0984. The molecule has 0 saturated heterocycles. The van der Waals surface area contributed by atoms with Gasteiger partial charge in [0.1, 0.15) is 0 Å². The van der Waals surface area contributed by atoms with Gasteiger partial charge in [0, 0.05) is 39.7 Å². The Labute approximate surface area is 260 Å². The lowest BCUT2D eigenvalue weighted by Crippen LogP contribution is -2.40. The number of pyridine rings is 1. The summed E-state index contributed by atoms with van der Waals surface area (Å²) in [4.78, 5) is 30.0. The Bertz CT molecular complexity index is 1840. The number of rotatable bonds is 8. The third-order valence-electron chi connectivity index (χ3n) is 7.51. The van der Waals surface area contributed by atoms with E-state index < -0.39 is 23.9 Å². The molecule has 0 fully saturated rings. The molecule has 0 radical (unpaired) electrons. The van der Waals surface area contributed by atoms with E-state index in [0.29, 0.717) is 28.3 Å². The molecule has 2 amide bonds. The molecule has 44 heavy (non-hydrogen) atoms. The van der Waals surface area contributed by atoms with Gasteiger partial charge in [-0.2, -0.15) is 0 Å². The number of nitrogens with zero attached hydrogens (tertiary/aromatic N) is 1. The molecule has 0 aliphatic carbocycles. The van der Waals surface area contributed by atoms with E-state index in [2.05, 4.69) is 66.6 Å². The normalized spacial score (nSPS) is 12.9. The van der Waals surface area contributed by atoms with Gasteiger partial charge >= 0.3 is 0 Å². The predicted molar refractivity (Wildman–Crippen MR) is 177 cm³/mol. The highest BCUT2D eigenvalue weighted by molar-refractivity contribution is 7.99. The van der Waals surface area contributed by atoms with Crippen LogP contribution in [0.2, 0.25) is 18.1 Å². The number of hydrogen-bond acceptors (Lipinski definition) is 6. The zero-order chi connectivity index (χ0) is 32.1. The summed E-state index contributed by atoms with van der Waals surface area (Å²) in [7, 11) is -5.04. The lowest BCUT2D eigenvalue weighted by molar-refractivity contribution is 0.0978. The lowest BCUT2D eigenvalue weighted by Gasteiger charge is -2.36. The molecule has 2 N–H and O–H groups in total. The minimum atomic E-state index is -3.13. The molecule has 2 aromatic carbocycles. The van der Waals surface area contributed by atoms with Crippen LogP contribution in [-0.2, 0) is 20.7 Å². The maximum absolute atomic E-state index is 13.4. The van der Waals surface area contributed by atoms with E-state index in [-0.39, 0.29) is 22.3 Å². The van der Waals surface area contributed by atoms with E-state index in [9.17, 15) is 13.8 Å². The molecule has 0 aliphatic heterocycles. The molecular weight excluding hydrogens is 591 g/mol.